The summed E-state index contributed by atoms with van der Waals surface area (Å²) in [4.78, 5) is 0. The number of hydrogen-bond donors (Lipinski definition) is 0. The van der Waals surface area contributed by atoms with Crippen LogP contribution in [0.3, 0.4) is 0 Å². The van der Waals surface area contributed by atoms with Gasteiger partial charge in [0.15, 0.2) is 0 Å². The van der Waals surface area contributed by atoms with Crippen LogP contribution < -0.4 is 0 Å². The van der Waals surface area contributed by atoms with Crippen molar-refractivity contribution in [3.05, 3.63) is 58.1 Å². The average Bonchev–Trinajstić information content (AvgIpc) is 2.42. The van der Waals surface area contributed by atoms with Gasteiger partial charge in [0.25, 0.3) is 0 Å². The van der Waals surface area contributed by atoms with Crippen LogP contribution in [-0.2, 0) is 0 Å². The van der Waals surface area contributed by atoms with Crippen molar-refractivity contribution in [2.45, 2.75) is 34.6 Å². The van der Waals surface area contributed by atoms with Gasteiger partial charge in [-0.1, -0.05) is 30.3 Å². The standard InChI is InChI=1S/C19H20/c1-11-10-18-14(4)13(3)16-8-6-7-9-17(16)19(18)15(5)12(11)2/h6-10H,1-5H3. The van der Waals surface area contributed by atoms with E-state index in [4.69, 9.17) is 0 Å². The molecule has 0 N–H and O–H groups in total. The van der Waals surface area contributed by atoms with Gasteiger partial charge in [-0.3, -0.25) is 0 Å². The molecule has 19 heavy (non-hydrogen) atoms. The summed E-state index contributed by atoms with van der Waals surface area (Å²) in [6.07, 6.45) is 0. The Balaban J connectivity index is 2.71. The summed E-state index contributed by atoms with van der Waals surface area (Å²) in [6.45, 7) is 11.2. The first kappa shape index (κ1) is 12.2. The van der Waals surface area contributed by atoms with Gasteiger partial charge in [-0.15, -0.1) is 0 Å². The predicted octanol–water partition coefficient (Wildman–Crippen LogP) is 5.54. The Labute approximate surface area is 115 Å². The summed E-state index contributed by atoms with van der Waals surface area (Å²) < 4.78 is 0. The van der Waals surface area contributed by atoms with Crippen molar-refractivity contribution in [3.8, 4) is 0 Å². The van der Waals surface area contributed by atoms with E-state index in [1.807, 2.05) is 0 Å². The van der Waals surface area contributed by atoms with Gasteiger partial charge in [0.2, 0.25) is 0 Å². The third kappa shape index (κ3) is 1.59. The number of hydrogen-bond acceptors (Lipinski definition) is 0. The molecule has 0 spiro atoms. The largest absolute Gasteiger partial charge is 0.0616 e. The maximum Gasteiger partial charge on any atom is -0.00704 e. The first-order chi connectivity index (χ1) is 9.02. The first-order valence-electron chi connectivity index (χ1n) is 6.90. The van der Waals surface area contributed by atoms with E-state index in [0.29, 0.717) is 0 Å². The molecule has 0 nitrogen and oxygen atoms in total. The minimum atomic E-state index is 1.39. The molecule has 0 heterocycles. The molecule has 96 valence electrons. The average molecular weight is 248 g/mol. The van der Waals surface area contributed by atoms with Gasteiger partial charge >= 0.3 is 0 Å². The Morgan fingerprint density at radius 2 is 1.16 bits per heavy atom. The van der Waals surface area contributed by atoms with E-state index in [9.17, 15) is 0 Å². The molecule has 0 aromatic heterocycles. The molecule has 0 radical (unpaired) electrons. The van der Waals surface area contributed by atoms with E-state index in [0.717, 1.165) is 0 Å². The van der Waals surface area contributed by atoms with E-state index >= 15 is 0 Å². The lowest BCUT2D eigenvalue weighted by molar-refractivity contribution is 1.29. The molecule has 0 saturated heterocycles. The minimum absolute atomic E-state index is 1.39. The number of benzene rings is 3. The summed E-state index contributed by atoms with van der Waals surface area (Å²) in [6, 6.07) is 11.1. The third-order valence-corrected chi connectivity index (χ3v) is 4.73. The molecule has 3 rings (SSSR count). The monoisotopic (exact) mass is 248 g/mol. The molecule has 0 aliphatic rings. The smallest absolute Gasteiger partial charge is 0.00704 e. The Hall–Kier alpha value is -1.82. The molecule has 0 atom stereocenters. The molecule has 0 fully saturated rings. The molecule has 3 aromatic carbocycles. The van der Waals surface area contributed by atoms with Gasteiger partial charge in [0.05, 0.1) is 0 Å². The van der Waals surface area contributed by atoms with Crippen molar-refractivity contribution in [1.82, 2.24) is 0 Å². The van der Waals surface area contributed by atoms with Gasteiger partial charge in [-0.2, -0.15) is 0 Å². The number of aryl methyl sites for hydroxylation is 4. The third-order valence-electron chi connectivity index (χ3n) is 4.73. The van der Waals surface area contributed by atoms with Crippen molar-refractivity contribution in [2.24, 2.45) is 0 Å². The highest BCUT2D eigenvalue weighted by atomic mass is 14.2. The molecule has 0 aliphatic carbocycles. The normalized spacial score (nSPS) is 11.4. The fraction of sp³-hybridized carbons (Fsp3) is 0.263. The van der Waals surface area contributed by atoms with Gasteiger partial charge < -0.3 is 0 Å². The van der Waals surface area contributed by atoms with E-state index in [2.05, 4.69) is 65.0 Å². The number of rotatable bonds is 0. The molecular weight excluding hydrogens is 228 g/mol. The second kappa shape index (κ2) is 4.09. The van der Waals surface area contributed by atoms with Crippen molar-refractivity contribution in [1.29, 1.82) is 0 Å². The highest BCUT2D eigenvalue weighted by molar-refractivity contribution is 6.12. The molecule has 0 amide bonds. The maximum absolute atomic E-state index is 2.35. The Morgan fingerprint density at radius 1 is 0.579 bits per heavy atom. The molecular formula is C19H20. The predicted molar refractivity (Wildman–Crippen MR) is 85.1 cm³/mol. The summed E-state index contributed by atoms with van der Waals surface area (Å²) in [5, 5.41) is 5.62. The van der Waals surface area contributed by atoms with Crippen LogP contribution in [0, 0.1) is 34.6 Å². The second-order valence-electron chi connectivity index (χ2n) is 5.66. The fourth-order valence-corrected chi connectivity index (χ4v) is 3.16. The van der Waals surface area contributed by atoms with E-state index < -0.39 is 0 Å². The van der Waals surface area contributed by atoms with Crippen molar-refractivity contribution in [2.75, 3.05) is 0 Å². The zero-order chi connectivity index (χ0) is 13.7. The maximum atomic E-state index is 2.35. The molecule has 3 aromatic rings. The van der Waals surface area contributed by atoms with Gasteiger partial charge in [-0.05, 0) is 84.0 Å². The van der Waals surface area contributed by atoms with Crippen molar-refractivity contribution >= 4 is 21.5 Å². The summed E-state index contributed by atoms with van der Waals surface area (Å²) >= 11 is 0. The highest BCUT2D eigenvalue weighted by Crippen LogP contribution is 2.36. The first-order valence-corrected chi connectivity index (χ1v) is 6.90. The van der Waals surface area contributed by atoms with Crippen LogP contribution in [0.1, 0.15) is 27.8 Å². The quantitative estimate of drug-likeness (QED) is 0.458. The van der Waals surface area contributed by atoms with Crippen LogP contribution in [-0.4, -0.2) is 0 Å². The topological polar surface area (TPSA) is 0 Å². The van der Waals surface area contributed by atoms with Gasteiger partial charge in [-0.25, -0.2) is 0 Å². The van der Waals surface area contributed by atoms with Crippen LogP contribution in [0.5, 0.6) is 0 Å². The minimum Gasteiger partial charge on any atom is -0.0616 e. The van der Waals surface area contributed by atoms with Crippen LogP contribution in [0.2, 0.25) is 0 Å². The lowest BCUT2D eigenvalue weighted by atomic mass is 9.87. The lowest BCUT2D eigenvalue weighted by Crippen LogP contribution is -1.94. The molecule has 0 bridgehead atoms. The second-order valence-corrected chi connectivity index (χ2v) is 5.66. The lowest BCUT2D eigenvalue weighted by Gasteiger charge is -2.17. The zero-order valence-corrected chi connectivity index (χ0v) is 12.4. The highest BCUT2D eigenvalue weighted by Gasteiger charge is 2.12. The van der Waals surface area contributed by atoms with Crippen molar-refractivity contribution < 1.29 is 0 Å². The van der Waals surface area contributed by atoms with Crippen molar-refractivity contribution in [3.63, 3.8) is 0 Å². The SMILES string of the molecule is Cc1cc2c(C)c(C)c3ccccc3c2c(C)c1C. The Bertz CT molecular complexity index is 807. The van der Waals surface area contributed by atoms with Crippen LogP contribution in [0.15, 0.2) is 30.3 Å². The van der Waals surface area contributed by atoms with E-state index in [-0.39, 0.29) is 0 Å². The number of fused-ring (bicyclic) bond motifs is 3. The van der Waals surface area contributed by atoms with Crippen LogP contribution in [0.25, 0.3) is 21.5 Å². The Kier molecular flexibility index (Phi) is 2.63. The Morgan fingerprint density at radius 3 is 1.84 bits per heavy atom. The molecule has 0 unspecified atom stereocenters. The fourth-order valence-electron chi connectivity index (χ4n) is 3.16. The van der Waals surface area contributed by atoms with Gasteiger partial charge in [0.1, 0.15) is 0 Å². The van der Waals surface area contributed by atoms with Crippen LogP contribution >= 0.6 is 0 Å². The summed E-state index contributed by atoms with van der Waals surface area (Å²) in [5.41, 5.74) is 7.06. The van der Waals surface area contributed by atoms with Gasteiger partial charge in [0, 0.05) is 0 Å². The van der Waals surface area contributed by atoms with E-state index in [1.54, 1.807) is 0 Å². The summed E-state index contributed by atoms with van der Waals surface area (Å²) in [7, 11) is 0. The van der Waals surface area contributed by atoms with E-state index in [1.165, 1.54) is 49.4 Å². The molecule has 0 saturated carbocycles. The molecule has 0 aliphatic heterocycles. The molecule has 0 heteroatoms. The van der Waals surface area contributed by atoms with Crippen LogP contribution in [0.4, 0.5) is 0 Å². The summed E-state index contributed by atoms with van der Waals surface area (Å²) in [5.74, 6) is 0. The zero-order valence-electron chi connectivity index (χ0n) is 12.4.